The number of nitrogens with one attached hydrogen (secondary N) is 1. The van der Waals surface area contributed by atoms with Crippen LogP contribution in [-0.2, 0) is 14.4 Å². The molecule has 0 aliphatic carbocycles. The van der Waals surface area contributed by atoms with Crippen LogP contribution in [0.15, 0.2) is 47.4 Å². The summed E-state index contributed by atoms with van der Waals surface area (Å²) in [5, 5.41) is 2.90. The molecule has 0 aromatic heterocycles. The fourth-order valence-electron chi connectivity index (χ4n) is 3.84. The van der Waals surface area contributed by atoms with Crippen molar-refractivity contribution in [1.82, 2.24) is 4.90 Å². The second-order valence-corrected chi connectivity index (χ2v) is 9.76. The molecule has 0 unspecified atom stereocenters. The Labute approximate surface area is 196 Å². The minimum absolute atomic E-state index is 0.105. The maximum absolute atomic E-state index is 13.4. The Morgan fingerprint density at radius 3 is 2.50 bits per heavy atom. The van der Waals surface area contributed by atoms with E-state index < -0.39 is 0 Å². The number of amides is 3. The fourth-order valence-corrected chi connectivity index (χ4v) is 5.43. The van der Waals surface area contributed by atoms with Crippen LogP contribution >= 0.6 is 24.0 Å². The summed E-state index contributed by atoms with van der Waals surface area (Å²) in [4.78, 5) is 42.6. The SMILES string of the molecule is Cc1ccc(C)c(NC(=O)CN2C(=O)/C(=C3\SC(=S)N(C(C)C)C3=O)c3ccccc32)c1. The van der Waals surface area contributed by atoms with Gasteiger partial charge in [0.25, 0.3) is 11.8 Å². The second-order valence-electron chi connectivity index (χ2n) is 8.12. The number of aryl methyl sites for hydroxylation is 2. The lowest BCUT2D eigenvalue weighted by atomic mass is 10.1. The molecule has 0 bridgehead atoms. The predicted octanol–water partition coefficient (Wildman–Crippen LogP) is 4.27. The van der Waals surface area contributed by atoms with E-state index in [-0.39, 0.29) is 30.3 Å². The molecule has 32 heavy (non-hydrogen) atoms. The molecule has 2 aromatic carbocycles. The van der Waals surface area contributed by atoms with Gasteiger partial charge in [0.1, 0.15) is 10.9 Å². The number of carbonyl (C=O) groups is 3. The highest BCUT2D eigenvalue weighted by atomic mass is 32.2. The van der Waals surface area contributed by atoms with Crippen LogP contribution in [0.1, 0.15) is 30.5 Å². The summed E-state index contributed by atoms with van der Waals surface area (Å²) in [6.07, 6.45) is 0. The van der Waals surface area contributed by atoms with Crippen molar-refractivity contribution in [3.05, 3.63) is 64.1 Å². The lowest BCUT2D eigenvalue weighted by Crippen LogP contribution is -2.36. The van der Waals surface area contributed by atoms with Gasteiger partial charge in [-0.2, -0.15) is 0 Å². The van der Waals surface area contributed by atoms with Gasteiger partial charge in [0, 0.05) is 17.3 Å². The zero-order valence-corrected chi connectivity index (χ0v) is 19.9. The summed E-state index contributed by atoms with van der Waals surface area (Å²) in [5.41, 5.74) is 4.24. The molecular formula is C24H23N3O3S2. The number of rotatable bonds is 4. The third-order valence-electron chi connectivity index (χ3n) is 5.43. The summed E-state index contributed by atoms with van der Waals surface area (Å²) in [5.74, 6) is -0.945. The molecule has 164 valence electrons. The summed E-state index contributed by atoms with van der Waals surface area (Å²) in [7, 11) is 0. The summed E-state index contributed by atoms with van der Waals surface area (Å²) < 4.78 is 0.434. The van der Waals surface area contributed by atoms with Crippen molar-refractivity contribution in [2.24, 2.45) is 0 Å². The number of nitrogens with zero attached hydrogens (tertiary/aromatic N) is 2. The van der Waals surface area contributed by atoms with Crippen molar-refractivity contribution in [3.8, 4) is 0 Å². The average molecular weight is 466 g/mol. The molecule has 4 rings (SSSR count). The standard InChI is InChI=1S/C24H23N3O3S2/c1-13(2)27-23(30)21(32-24(27)31)20-16-7-5-6-8-18(16)26(22(20)29)12-19(28)25-17-11-14(3)9-10-15(17)4/h5-11,13H,12H2,1-4H3,(H,25,28)/b21-20-. The van der Waals surface area contributed by atoms with Crippen LogP contribution in [0.4, 0.5) is 11.4 Å². The number of para-hydroxylation sites is 1. The first-order valence-corrected chi connectivity index (χ1v) is 11.5. The number of thiocarbonyl (C=S) groups is 1. The maximum Gasteiger partial charge on any atom is 0.267 e. The van der Waals surface area contributed by atoms with Crippen molar-refractivity contribution >= 4 is 63.0 Å². The quantitative estimate of drug-likeness (QED) is 0.540. The Kier molecular flexibility index (Phi) is 5.92. The summed E-state index contributed by atoms with van der Waals surface area (Å²) in [6, 6.07) is 12.9. The van der Waals surface area contributed by atoms with Crippen LogP contribution < -0.4 is 10.2 Å². The van der Waals surface area contributed by atoms with E-state index in [2.05, 4.69) is 5.32 Å². The largest absolute Gasteiger partial charge is 0.324 e. The first-order valence-electron chi connectivity index (χ1n) is 10.3. The number of hydrogen-bond acceptors (Lipinski definition) is 5. The maximum atomic E-state index is 13.4. The molecule has 2 heterocycles. The number of hydrogen-bond donors (Lipinski definition) is 1. The van der Waals surface area contributed by atoms with Crippen LogP contribution in [0.2, 0.25) is 0 Å². The number of benzene rings is 2. The highest BCUT2D eigenvalue weighted by Crippen LogP contribution is 2.44. The predicted molar refractivity (Wildman–Crippen MR) is 132 cm³/mol. The molecule has 2 aromatic rings. The number of anilines is 2. The number of fused-ring (bicyclic) bond motifs is 1. The molecule has 0 spiro atoms. The van der Waals surface area contributed by atoms with E-state index in [0.29, 0.717) is 31.7 Å². The Morgan fingerprint density at radius 1 is 1.09 bits per heavy atom. The lowest BCUT2D eigenvalue weighted by molar-refractivity contribution is -0.123. The Hall–Kier alpha value is -2.97. The molecule has 1 N–H and O–H groups in total. The van der Waals surface area contributed by atoms with E-state index >= 15 is 0 Å². The Bertz CT molecular complexity index is 1200. The van der Waals surface area contributed by atoms with Crippen molar-refractivity contribution in [1.29, 1.82) is 0 Å². The molecule has 6 nitrogen and oxygen atoms in total. The van der Waals surface area contributed by atoms with Crippen molar-refractivity contribution in [3.63, 3.8) is 0 Å². The van der Waals surface area contributed by atoms with E-state index in [1.165, 1.54) is 9.80 Å². The zero-order valence-electron chi connectivity index (χ0n) is 18.3. The van der Waals surface area contributed by atoms with E-state index in [9.17, 15) is 14.4 Å². The molecule has 3 amide bonds. The molecule has 0 radical (unpaired) electrons. The van der Waals surface area contributed by atoms with Crippen LogP contribution in [-0.4, -0.2) is 39.5 Å². The highest BCUT2D eigenvalue weighted by Gasteiger charge is 2.43. The third kappa shape index (κ3) is 3.84. The molecule has 8 heteroatoms. The Morgan fingerprint density at radius 2 is 1.81 bits per heavy atom. The number of thioether (sulfide) groups is 1. The van der Waals surface area contributed by atoms with Gasteiger partial charge < -0.3 is 5.32 Å². The van der Waals surface area contributed by atoms with E-state index in [4.69, 9.17) is 12.2 Å². The topological polar surface area (TPSA) is 69.7 Å². The van der Waals surface area contributed by atoms with Crippen molar-refractivity contribution in [2.75, 3.05) is 16.8 Å². The molecular weight excluding hydrogens is 442 g/mol. The molecule has 1 fully saturated rings. The molecule has 2 aliphatic rings. The lowest BCUT2D eigenvalue weighted by Gasteiger charge is -2.18. The van der Waals surface area contributed by atoms with Gasteiger partial charge in [-0.1, -0.05) is 54.3 Å². The van der Waals surface area contributed by atoms with Crippen molar-refractivity contribution < 1.29 is 14.4 Å². The van der Waals surface area contributed by atoms with Gasteiger partial charge in [-0.05, 0) is 51.0 Å². The van der Waals surface area contributed by atoms with E-state index in [1.807, 2.05) is 58.0 Å². The fraction of sp³-hybridized carbons (Fsp3) is 0.250. The second kappa shape index (κ2) is 8.52. The van der Waals surface area contributed by atoms with Gasteiger partial charge in [0.2, 0.25) is 5.91 Å². The minimum atomic E-state index is -0.369. The van der Waals surface area contributed by atoms with Crippen LogP contribution in [0.25, 0.3) is 5.57 Å². The smallest absolute Gasteiger partial charge is 0.267 e. The molecule has 1 saturated heterocycles. The van der Waals surface area contributed by atoms with Gasteiger partial charge in [-0.3, -0.25) is 24.2 Å². The highest BCUT2D eigenvalue weighted by molar-refractivity contribution is 8.26. The normalized spacial score (nSPS) is 18.1. The van der Waals surface area contributed by atoms with Gasteiger partial charge >= 0.3 is 0 Å². The molecule has 0 saturated carbocycles. The summed E-state index contributed by atoms with van der Waals surface area (Å²) in [6.45, 7) is 7.48. The number of carbonyl (C=O) groups excluding carboxylic acids is 3. The molecule has 2 aliphatic heterocycles. The van der Waals surface area contributed by atoms with Gasteiger partial charge in [-0.15, -0.1) is 0 Å². The first kappa shape index (κ1) is 22.2. The first-order chi connectivity index (χ1) is 15.2. The van der Waals surface area contributed by atoms with E-state index in [0.717, 1.165) is 22.9 Å². The van der Waals surface area contributed by atoms with Gasteiger partial charge in [-0.25, -0.2) is 0 Å². The summed E-state index contributed by atoms with van der Waals surface area (Å²) >= 11 is 6.52. The minimum Gasteiger partial charge on any atom is -0.324 e. The average Bonchev–Trinajstić information content (AvgIpc) is 3.17. The monoisotopic (exact) mass is 465 g/mol. The van der Waals surface area contributed by atoms with Crippen LogP contribution in [0.3, 0.4) is 0 Å². The third-order valence-corrected chi connectivity index (χ3v) is 6.84. The molecule has 0 atom stereocenters. The van der Waals surface area contributed by atoms with Gasteiger partial charge in [0.05, 0.1) is 16.2 Å². The van der Waals surface area contributed by atoms with E-state index in [1.54, 1.807) is 12.1 Å². The van der Waals surface area contributed by atoms with Crippen LogP contribution in [0, 0.1) is 13.8 Å². The zero-order chi connectivity index (χ0) is 23.2. The van der Waals surface area contributed by atoms with Gasteiger partial charge in [0.15, 0.2) is 0 Å². The van der Waals surface area contributed by atoms with Crippen molar-refractivity contribution in [2.45, 2.75) is 33.7 Å². The Balaban J connectivity index is 1.67. The van der Waals surface area contributed by atoms with Crippen LogP contribution in [0.5, 0.6) is 0 Å².